The number of urea groups is 1. The molecule has 0 aromatic heterocycles. The van der Waals surface area contributed by atoms with Gasteiger partial charge in [0.15, 0.2) is 0 Å². The first-order valence-corrected chi connectivity index (χ1v) is 7.60. The molecule has 0 saturated heterocycles. The molecule has 0 rings (SSSR count). The number of hydrogen-bond acceptors (Lipinski definition) is 3. The summed E-state index contributed by atoms with van der Waals surface area (Å²) >= 11 is 0. The molecule has 0 bridgehead atoms. The van der Waals surface area contributed by atoms with Crippen molar-refractivity contribution in [3.63, 3.8) is 0 Å². The van der Waals surface area contributed by atoms with Crippen molar-refractivity contribution in [3.8, 4) is 0 Å². The molecular weight excluding hydrogens is 256 g/mol. The second kappa shape index (κ2) is 8.91. The largest absolute Gasteiger partial charge is 0.480 e. The lowest BCUT2D eigenvalue weighted by molar-refractivity contribution is -0.139. The lowest BCUT2D eigenvalue weighted by Gasteiger charge is -2.16. The molecule has 7 heteroatoms. The fourth-order valence-corrected chi connectivity index (χ4v) is 1.55. The average Bonchev–Trinajstić information content (AvgIpc) is 2.30. The van der Waals surface area contributed by atoms with Gasteiger partial charge in [0.25, 0.3) is 0 Å². The standard InChI is InChI=1S/C11H22N2O4S/c1-4-5-6-9(10(14)15)13-11(16)12-7-8(2)18(3)17/h8-9H,4-7H2,1-3H3,(H,14,15)(H2,12,13,16). The number of aliphatic carboxylic acids is 1. The third-order valence-corrected chi connectivity index (χ3v) is 3.87. The minimum atomic E-state index is -1.04. The minimum Gasteiger partial charge on any atom is -0.480 e. The predicted molar refractivity (Wildman–Crippen MR) is 71.0 cm³/mol. The average molecular weight is 278 g/mol. The number of unbranched alkanes of at least 4 members (excludes halogenated alkanes) is 1. The van der Waals surface area contributed by atoms with Crippen LogP contribution in [0.2, 0.25) is 0 Å². The second-order valence-electron chi connectivity index (χ2n) is 4.20. The van der Waals surface area contributed by atoms with Crippen molar-refractivity contribution >= 4 is 22.8 Å². The molecular formula is C11H22N2O4S. The number of hydrogen-bond donors (Lipinski definition) is 3. The molecule has 0 aliphatic rings. The van der Waals surface area contributed by atoms with Crippen molar-refractivity contribution in [1.82, 2.24) is 10.6 Å². The second-order valence-corrected chi connectivity index (χ2v) is 6.00. The maximum atomic E-state index is 11.5. The molecule has 0 aliphatic heterocycles. The Balaban J connectivity index is 4.09. The van der Waals surface area contributed by atoms with Gasteiger partial charge in [-0.3, -0.25) is 4.21 Å². The molecule has 0 heterocycles. The van der Waals surface area contributed by atoms with Gasteiger partial charge in [0.1, 0.15) is 6.04 Å². The van der Waals surface area contributed by atoms with Gasteiger partial charge in [0, 0.05) is 28.9 Å². The first kappa shape index (κ1) is 16.9. The number of carboxylic acid groups (broad SMARTS) is 1. The Morgan fingerprint density at radius 3 is 2.44 bits per heavy atom. The van der Waals surface area contributed by atoms with E-state index in [2.05, 4.69) is 10.6 Å². The number of amides is 2. The Hall–Kier alpha value is -1.11. The van der Waals surface area contributed by atoms with Crippen LogP contribution in [-0.4, -0.2) is 45.4 Å². The van der Waals surface area contributed by atoms with Gasteiger partial charge in [0.05, 0.1) is 0 Å². The molecule has 106 valence electrons. The number of rotatable bonds is 8. The highest BCUT2D eigenvalue weighted by molar-refractivity contribution is 7.84. The summed E-state index contributed by atoms with van der Waals surface area (Å²) in [4.78, 5) is 22.4. The fraction of sp³-hybridized carbons (Fsp3) is 0.818. The summed E-state index contributed by atoms with van der Waals surface area (Å²) in [5.41, 5.74) is 0. The van der Waals surface area contributed by atoms with E-state index >= 15 is 0 Å². The highest BCUT2D eigenvalue weighted by atomic mass is 32.2. The summed E-state index contributed by atoms with van der Waals surface area (Å²) in [5.74, 6) is -1.04. The van der Waals surface area contributed by atoms with Gasteiger partial charge >= 0.3 is 12.0 Å². The zero-order valence-electron chi connectivity index (χ0n) is 11.1. The Kier molecular flexibility index (Phi) is 8.36. The van der Waals surface area contributed by atoms with Crippen LogP contribution in [0, 0.1) is 0 Å². The van der Waals surface area contributed by atoms with E-state index < -0.39 is 28.8 Å². The number of carboxylic acids is 1. The molecule has 0 aromatic carbocycles. The van der Waals surface area contributed by atoms with Gasteiger partial charge in [-0.15, -0.1) is 0 Å². The Labute approximate surface area is 110 Å². The van der Waals surface area contributed by atoms with Crippen LogP contribution in [0.3, 0.4) is 0 Å². The van der Waals surface area contributed by atoms with Crippen molar-refractivity contribution in [2.24, 2.45) is 0 Å². The smallest absolute Gasteiger partial charge is 0.326 e. The van der Waals surface area contributed by atoms with E-state index in [0.717, 1.165) is 12.8 Å². The Bertz CT molecular complexity index is 309. The van der Waals surface area contributed by atoms with Gasteiger partial charge in [-0.25, -0.2) is 9.59 Å². The zero-order chi connectivity index (χ0) is 14.1. The summed E-state index contributed by atoms with van der Waals surface area (Å²) < 4.78 is 11.1. The molecule has 3 atom stereocenters. The number of carbonyl (C=O) groups excluding carboxylic acids is 1. The van der Waals surface area contributed by atoms with Crippen LogP contribution in [0.25, 0.3) is 0 Å². The zero-order valence-corrected chi connectivity index (χ0v) is 11.9. The van der Waals surface area contributed by atoms with Gasteiger partial charge < -0.3 is 15.7 Å². The van der Waals surface area contributed by atoms with E-state index in [1.54, 1.807) is 13.2 Å². The van der Waals surface area contributed by atoms with Crippen LogP contribution in [-0.2, 0) is 15.6 Å². The number of carbonyl (C=O) groups is 2. The van der Waals surface area contributed by atoms with Crippen molar-refractivity contribution in [2.75, 3.05) is 12.8 Å². The molecule has 18 heavy (non-hydrogen) atoms. The first-order chi connectivity index (χ1) is 8.38. The van der Waals surface area contributed by atoms with Gasteiger partial charge in [-0.1, -0.05) is 19.8 Å². The van der Waals surface area contributed by atoms with E-state index in [1.807, 2.05) is 6.92 Å². The van der Waals surface area contributed by atoms with Gasteiger partial charge in [0.2, 0.25) is 0 Å². The molecule has 6 nitrogen and oxygen atoms in total. The maximum Gasteiger partial charge on any atom is 0.326 e. The first-order valence-electron chi connectivity index (χ1n) is 5.97. The lowest BCUT2D eigenvalue weighted by Crippen LogP contribution is -2.47. The van der Waals surface area contributed by atoms with E-state index in [0.29, 0.717) is 6.42 Å². The van der Waals surface area contributed by atoms with E-state index in [-0.39, 0.29) is 11.8 Å². The predicted octanol–water partition coefficient (Wildman–Crippen LogP) is 0.696. The quantitative estimate of drug-likeness (QED) is 0.609. The molecule has 0 spiro atoms. The van der Waals surface area contributed by atoms with E-state index in [1.165, 1.54) is 0 Å². The van der Waals surface area contributed by atoms with E-state index in [9.17, 15) is 13.8 Å². The van der Waals surface area contributed by atoms with Crippen molar-refractivity contribution in [3.05, 3.63) is 0 Å². The van der Waals surface area contributed by atoms with Gasteiger partial charge in [-0.2, -0.15) is 0 Å². The lowest BCUT2D eigenvalue weighted by atomic mass is 10.1. The molecule has 3 N–H and O–H groups in total. The monoisotopic (exact) mass is 278 g/mol. The van der Waals surface area contributed by atoms with Crippen molar-refractivity contribution in [2.45, 2.75) is 44.4 Å². The highest BCUT2D eigenvalue weighted by Gasteiger charge is 2.19. The van der Waals surface area contributed by atoms with E-state index in [4.69, 9.17) is 5.11 Å². The minimum absolute atomic E-state index is 0.158. The molecule has 3 unspecified atom stereocenters. The third kappa shape index (κ3) is 7.26. The Morgan fingerprint density at radius 2 is 2.00 bits per heavy atom. The van der Waals surface area contributed by atoms with Crippen LogP contribution in [0.1, 0.15) is 33.1 Å². The van der Waals surface area contributed by atoms with Crippen molar-refractivity contribution < 1.29 is 18.9 Å². The summed E-state index contributed by atoms with van der Waals surface area (Å²) in [6.07, 6.45) is 3.59. The molecule has 0 aliphatic carbocycles. The molecule has 0 saturated carbocycles. The number of nitrogens with one attached hydrogen (secondary N) is 2. The molecule has 2 amide bonds. The summed E-state index contributed by atoms with van der Waals surface area (Å²) in [5, 5.41) is 13.7. The van der Waals surface area contributed by atoms with Crippen LogP contribution in [0.5, 0.6) is 0 Å². The van der Waals surface area contributed by atoms with Crippen LogP contribution < -0.4 is 10.6 Å². The van der Waals surface area contributed by atoms with Gasteiger partial charge in [-0.05, 0) is 13.3 Å². The third-order valence-electron chi connectivity index (χ3n) is 2.57. The highest BCUT2D eigenvalue weighted by Crippen LogP contribution is 2.00. The normalized spacial score (nSPS) is 15.5. The summed E-state index contributed by atoms with van der Waals surface area (Å²) in [6.45, 7) is 3.97. The van der Waals surface area contributed by atoms with Crippen LogP contribution in [0.15, 0.2) is 0 Å². The maximum absolute atomic E-state index is 11.5. The molecule has 0 aromatic rings. The molecule has 0 radical (unpaired) electrons. The van der Waals surface area contributed by atoms with Crippen molar-refractivity contribution in [1.29, 1.82) is 0 Å². The molecule has 0 fully saturated rings. The van der Waals surface area contributed by atoms with Crippen LogP contribution >= 0.6 is 0 Å². The summed E-state index contributed by atoms with van der Waals surface area (Å²) in [7, 11) is -1.01. The topological polar surface area (TPSA) is 95.5 Å². The Morgan fingerprint density at radius 1 is 1.39 bits per heavy atom. The SMILES string of the molecule is CCCCC(NC(=O)NCC(C)S(C)=O)C(=O)O. The fourth-order valence-electron chi connectivity index (χ4n) is 1.23. The van der Waals surface area contributed by atoms with Crippen LogP contribution in [0.4, 0.5) is 4.79 Å². The summed E-state index contributed by atoms with van der Waals surface area (Å²) in [6, 6.07) is -1.40.